The van der Waals surface area contributed by atoms with Gasteiger partial charge in [0.15, 0.2) is 0 Å². The van der Waals surface area contributed by atoms with Gasteiger partial charge < -0.3 is 9.88 Å². The van der Waals surface area contributed by atoms with Gasteiger partial charge in [0.2, 0.25) is 0 Å². The van der Waals surface area contributed by atoms with Gasteiger partial charge in [0.05, 0.1) is 0 Å². The lowest BCUT2D eigenvalue weighted by atomic mass is 10.2. The Morgan fingerprint density at radius 1 is 1.26 bits per heavy atom. The molecule has 1 N–H and O–H groups in total. The first-order valence-corrected chi connectivity index (χ1v) is 7.69. The quantitative estimate of drug-likeness (QED) is 0.880. The maximum atomic E-state index is 3.63. The summed E-state index contributed by atoms with van der Waals surface area (Å²) < 4.78 is 2.25. The smallest absolute Gasteiger partial charge is 0.0225 e. The molecule has 1 unspecified atom stereocenters. The van der Waals surface area contributed by atoms with Crippen LogP contribution < -0.4 is 5.32 Å². The Morgan fingerprint density at radius 2 is 2.00 bits per heavy atom. The maximum Gasteiger partial charge on any atom is 0.0225 e. The van der Waals surface area contributed by atoms with Crippen LogP contribution in [0.25, 0.3) is 0 Å². The normalized spacial score (nSPS) is 12.9. The highest BCUT2D eigenvalue weighted by Crippen LogP contribution is 2.17. The van der Waals surface area contributed by atoms with Crippen molar-refractivity contribution in [3.8, 4) is 0 Å². The fraction of sp³-hybridized carbons (Fsp3) is 0.500. The minimum Gasteiger partial charge on any atom is -0.352 e. The van der Waals surface area contributed by atoms with Crippen molar-refractivity contribution in [1.29, 1.82) is 0 Å². The monoisotopic (exact) mass is 276 g/mol. The first kappa shape index (κ1) is 14.4. The predicted molar refractivity (Wildman–Crippen MR) is 83.9 cm³/mol. The Morgan fingerprint density at radius 3 is 2.53 bits per heavy atom. The van der Waals surface area contributed by atoms with Gasteiger partial charge >= 0.3 is 0 Å². The summed E-state index contributed by atoms with van der Waals surface area (Å²) in [6, 6.07) is 7.25. The van der Waals surface area contributed by atoms with Gasteiger partial charge in [0.1, 0.15) is 0 Å². The van der Waals surface area contributed by atoms with Crippen LogP contribution in [0.3, 0.4) is 0 Å². The molecule has 2 nitrogen and oxygen atoms in total. The summed E-state index contributed by atoms with van der Waals surface area (Å²) in [5.74, 6) is 0. The van der Waals surface area contributed by atoms with Gasteiger partial charge in [-0.2, -0.15) is 0 Å². The molecule has 0 aliphatic rings. The maximum absolute atomic E-state index is 3.63. The summed E-state index contributed by atoms with van der Waals surface area (Å²) in [5.41, 5.74) is 4.11. The molecule has 0 saturated heterocycles. The van der Waals surface area contributed by atoms with E-state index < -0.39 is 0 Å². The SMILES string of the molecule is Cc1ccc(CC(C)NCc2cc(C)n(C)c2C)s1. The van der Waals surface area contributed by atoms with Crippen molar-refractivity contribution >= 4 is 11.3 Å². The molecule has 3 heteroatoms. The summed E-state index contributed by atoms with van der Waals surface area (Å²) in [7, 11) is 2.13. The minimum absolute atomic E-state index is 0.512. The van der Waals surface area contributed by atoms with E-state index in [1.54, 1.807) is 0 Å². The predicted octanol–water partition coefficient (Wildman–Crippen LogP) is 3.73. The van der Waals surface area contributed by atoms with E-state index in [2.05, 4.69) is 62.8 Å². The van der Waals surface area contributed by atoms with Crippen LogP contribution in [-0.4, -0.2) is 10.6 Å². The van der Waals surface area contributed by atoms with Crippen molar-refractivity contribution in [2.24, 2.45) is 7.05 Å². The Bertz CT molecular complexity index is 551. The van der Waals surface area contributed by atoms with E-state index in [0.29, 0.717) is 6.04 Å². The molecule has 19 heavy (non-hydrogen) atoms. The number of hydrogen-bond acceptors (Lipinski definition) is 2. The molecule has 2 rings (SSSR count). The number of aryl methyl sites for hydroxylation is 2. The van der Waals surface area contributed by atoms with E-state index in [1.165, 1.54) is 26.7 Å². The van der Waals surface area contributed by atoms with Crippen molar-refractivity contribution < 1.29 is 0 Å². The van der Waals surface area contributed by atoms with Gasteiger partial charge in [0.25, 0.3) is 0 Å². The van der Waals surface area contributed by atoms with E-state index in [0.717, 1.165) is 13.0 Å². The van der Waals surface area contributed by atoms with Crippen molar-refractivity contribution in [1.82, 2.24) is 9.88 Å². The summed E-state index contributed by atoms with van der Waals surface area (Å²) in [6.45, 7) is 9.74. The summed E-state index contributed by atoms with van der Waals surface area (Å²) in [6.07, 6.45) is 1.11. The molecule has 2 aromatic rings. The zero-order valence-corrected chi connectivity index (χ0v) is 13.4. The summed E-state index contributed by atoms with van der Waals surface area (Å²) in [4.78, 5) is 2.87. The van der Waals surface area contributed by atoms with Crippen molar-refractivity contribution in [3.63, 3.8) is 0 Å². The minimum atomic E-state index is 0.512. The van der Waals surface area contributed by atoms with E-state index in [9.17, 15) is 0 Å². The summed E-state index contributed by atoms with van der Waals surface area (Å²) >= 11 is 1.90. The molecule has 0 amide bonds. The average Bonchev–Trinajstić information content (AvgIpc) is 2.86. The molecule has 2 aromatic heterocycles. The second-order valence-electron chi connectivity index (χ2n) is 5.45. The van der Waals surface area contributed by atoms with Gasteiger partial charge in [-0.1, -0.05) is 0 Å². The molecule has 0 bridgehead atoms. The number of rotatable bonds is 5. The van der Waals surface area contributed by atoms with Crippen LogP contribution in [0.2, 0.25) is 0 Å². The highest BCUT2D eigenvalue weighted by molar-refractivity contribution is 7.11. The van der Waals surface area contributed by atoms with Gasteiger partial charge in [-0.15, -0.1) is 11.3 Å². The molecule has 1 atom stereocenters. The second kappa shape index (κ2) is 5.93. The molecule has 0 saturated carbocycles. The lowest BCUT2D eigenvalue weighted by Gasteiger charge is -2.13. The van der Waals surface area contributed by atoms with E-state index >= 15 is 0 Å². The molecule has 0 radical (unpaired) electrons. The fourth-order valence-corrected chi connectivity index (χ4v) is 3.38. The van der Waals surface area contributed by atoms with E-state index in [4.69, 9.17) is 0 Å². The van der Waals surface area contributed by atoms with Crippen LogP contribution in [-0.2, 0) is 20.0 Å². The molecule has 0 aliphatic heterocycles. The van der Waals surface area contributed by atoms with Crippen LogP contribution in [0.4, 0.5) is 0 Å². The molecule has 104 valence electrons. The van der Waals surface area contributed by atoms with Crippen LogP contribution in [0.15, 0.2) is 18.2 Å². The Kier molecular flexibility index (Phi) is 4.48. The topological polar surface area (TPSA) is 17.0 Å². The van der Waals surface area contributed by atoms with Crippen molar-refractivity contribution in [2.45, 2.75) is 46.7 Å². The number of hydrogen-bond donors (Lipinski definition) is 1. The number of thiophene rings is 1. The lowest BCUT2D eigenvalue weighted by Crippen LogP contribution is -2.27. The average molecular weight is 276 g/mol. The highest BCUT2D eigenvalue weighted by Gasteiger charge is 2.09. The van der Waals surface area contributed by atoms with Crippen LogP contribution in [0, 0.1) is 20.8 Å². The van der Waals surface area contributed by atoms with Gasteiger partial charge in [-0.25, -0.2) is 0 Å². The largest absolute Gasteiger partial charge is 0.352 e. The van der Waals surface area contributed by atoms with Gasteiger partial charge in [-0.05, 0) is 57.9 Å². The van der Waals surface area contributed by atoms with Crippen LogP contribution >= 0.6 is 11.3 Å². The molecule has 0 spiro atoms. The zero-order chi connectivity index (χ0) is 14.0. The van der Waals surface area contributed by atoms with Crippen LogP contribution in [0.5, 0.6) is 0 Å². The van der Waals surface area contributed by atoms with Crippen LogP contribution in [0.1, 0.15) is 33.6 Å². The molecule has 2 heterocycles. The fourth-order valence-electron chi connectivity index (χ4n) is 2.37. The van der Waals surface area contributed by atoms with Gasteiger partial charge in [0, 0.05) is 40.8 Å². The van der Waals surface area contributed by atoms with E-state index in [-0.39, 0.29) is 0 Å². The highest BCUT2D eigenvalue weighted by atomic mass is 32.1. The third-order valence-corrected chi connectivity index (χ3v) is 4.85. The Labute approximate surface area is 120 Å². The zero-order valence-electron chi connectivity index (χ0n) is 12.6. The summed E-state index contributed by atoms with van der Waals surface area (Å²) in [5, 5.41) is 3.63. The first-order chi connectivity index (χ1) is 8.97. The lowest BCUT2D eigenvalue weighted by molar-refractivity contribution is 0.547. The number of aromatic nitrogens is 1. The number of nitrogens with zero attached hydrogens (tertiary/aromatic N) is 1. The molecular weight excluding hydrogens is 252 g/mol. The third-order valence-electron chi connectivity index (χ3n) is 3.82. The third kappa shape index (κ3) is 3.48. The first-order valence-electron chi connectivity index (χ1n) is 6.88. The van der Waals surface area contributed by atoms with Gasteiger partial charge in [-0.3, -0.25) is 0 Å². The van der Waals surface area contributed by atoms with E-state index in [1.807, 2.05) is 11.3 Å². The standard InChI is InChI=1S/C16H24N2S/c1-11(8-16-7-6-13(3)19-16)17-10-15-9-12(2)18(5)14(15)4/h6-7,9,11,17H,8,10H2,1-5H3. The Balaban J connectivity index is 1.89. The molecule has 0 aromatic carbocycles. The molecule has 0 aliphatic carbocycles. The molecule has 0 fully saturated rings. The second-order valence-corrected chi connectivity index (χ2v) is 6.83. The Hall–Kier alpha value is -1.06. The van der Waals surface area contributed by atoms with Crippen molar-refractivity contribution in [2.75, 3.05) is 0 Å². The molecular formula is C16H24N2S. The number of nitrogens with one attached hydrogen (secondary N) is 1. The van der Waals surface area contributed by atoms with Crippen molar-refractivity contribution in [3.05, 3.63) is 44.9 Å².